The zero-order valence-corrected chi connectivity index (χ0v) is 19.8. The Hall–Kier alpha value is -2.66. The van der Waals surface area contributed by atoms with Crippen molar-refractivity contribution in [3.63, 3.8) is 0 Å². The van der Waals surface area contributed by atoms with Crippen LogP contribution in [0.1, 0.15) is 31.2 Å². The van der Waals surface area contributed by atoms with E-state index in [2.05, 4.69) is 15.9 Å². The summed E-state index contributed by atoms with van der Waals surface area (Å²) in [7, 11) is 1.66. The Bertz CT molecular complexity index is 945. The molecule has 2 fully saturated rings. The molecule has 2 aromatic carbocycles. The van der Waals surface area contributed by atoms with Crippen LogP contribution >= 0.6 is 0 Å². The first-order valence-electron chi connectivity index (χ1n) is 12.1. The molecule has 1 aliphatic carbocycles. The first-order chi connectivity index (χ1) is 16.5. The van der Waals surface area contributed by atoms with E-state index in [0.29, 0.717) is 18.3 Å². The highest BCUT2D eigenvalue weighted by Crippen LogP contribution is 2.41. The highest BCUT2D eigenvalue weighted by atomic mass is 19.1. The van der Waals surface area contributed by atoms with Crippen molar-refractivity contribution in [3.8, 4) is 17.6 Å². The monoisotopic (exact) mass is 467 g/mol. The highest BCUT2D eigenvalue weighted by molar-refractivity contribution is 5.37. The summed E-state index contributed by atoms with van der Waals surface area (Å²) in [6.07, 6.45) is 3.20. The number of hydrogen-bond acceptors (Lipinski definition) is 6. The van der Waals surface area contributed by atoms with Gasteiger partial charge in [0.2, 0.25) is 0 Å². The molecule has 2 aromatic rings. The number of aliphatic hydroxyl groups excluding tert-OH is 1. The largest absolute Gasteiger partial charge is 0.497 e. The summed E-state index contributed by atoms with van der Waals surface area (Å²) in [5.41, 5.74) is 0.690. The normalized spacial score (nSPS) is 24.8. The minimum Gasteiger partial charge on any atom is -0.497 e. The predicted octanol–water partition coefficient (Wildman–Crippen LogP) is 3.60. The zero-order valence-electron chi connectivity index (χ0n) is 19.8. The summed E-state index contributed by atoms with van der Waals surface area (Å²) >= 11 is 0. The maximum Gasteiger partial charge on any atom is 0.123 e. The van der Waals surface area contributed by atoms with Gasteiger partial charge in [-0.2, -0.15) is 5.26 Å². The lowest BCUT2D eigenvalue weighted by Crippen LogP contribution is -2.53. The molecule has 6 nitrogen and oxygen atoms in total. The number of ether oxygens (including phenoxy) is 2. The molecule has 7 heteroatoms. The molecule has 2 aliphatic rings. The summed E-state index contributed by atoms with van der Waals surface area (Å²) in [4.78, 5) is 4.82. The van der Waals surface area contributed by atoms with Crippen LogP contribution in [0.3, 0.4) is 0 Å². The zero-order chi connectivity index (χ0) is 24.0. The number of nitrogens with zero attached hydrogens (tertiary/aromatic N) is 3. The van der Waals surface area contributed by atoms with Gasteiger partial charge < -0.3 is 14.6 Å². The molecule has 0 bridgehead atoms. The summed E-state index contributed by atoms with van der Waals surface area (Å²) in [5, 5.41) is 20.4. The molecule has 1 saturated heterocycles. The van der Waals surface area contributed by atoms with Crippen molar-refractivity contribution in [2.45, 2.75) is 43.2 Å². The van der Waals surface area contributed by atoms with Gasteiger partial charge in [-0.05, 0) is 67.6 Å². The molecular weight excluding hydrogens is 433 g/mol. The third-order valence-electron chi connectivity index (χ3n) is 7.31. The molecular formula is C27H34FN3O3. The molecule has 4 rings (SSSR count). The third-order valence-corrected chi connectivity index (χ3v) is 7.31. The summed E-state index contributed by atoms with van der Waals surface area (Å²) < 4.78 is 23.8. The molecule has 1 unspecified atom stereocenters. The van der Waals surface area contributed by atoms with Crippen molar-refractivity contribution in [3.05, 3.63) is 59.9 Å². The number of aliphatic hydroxyl groups is 1. The molecule has 34 heavy (non-hydrogen) atoms. The number of nitriles is 1. The molecule has 1 atom stereocenters. The number of halogens is 1. The van der Waals surface area contributed by atoms with Crippen LogP contribution in [0.15, 0.2) is 48.5 Å². The number of benzene rings is 2. The van der Waals surface area contributed by atoms with Crippen molar-refractivity contribution in [1.29, 1.82) is 5.26 Å². The molecule has 1 N–H and O–H groups in total. The lowest BCUT2D eigenvalue weighted by Gasteiger charge is -2.44. The smallest absolute Gasteiger partial charge is 0.123 e. The van der Waals surface area contributed by atoms with E-state index in [1.165, 1.54) is 12.1 Å². The van der Waals surface area contributed by atoms with Gasteiger partial charge in [-0.1, -0.05) is 12.1 Å². The Morgan fingerprint density at radius 2 is 1.65 bits per heavy atom. The lowest BCUT2D eigenvalue weighted by atomic mass is 9.69. The van der Waals surface area contributed by atoms with Crippen LogP contribution in [-0.2, 0) is 5.41 Å². The average molecular weight is 468 g/mol. The second-order valence-corrected chi connectivity index (χ2v) is 9.41. The third kappa shape index (κ3) is 5.87. The molecule has 0 spiro atoms. The van der Waals surface area contributed by atoms with Crippen molar-refractivity contribution < 1.29 is 19.0 Å². The molecule has 1 aliphatic heterocycles. The van der Waals surface area contributed by atoms with Gasteiger partial charge in [0.15, 0.2) is 0 Å². The van der Waals surface area contributed by atoms with Crippen LogP contribution in [0.4, 0.5) is 4.39 Å². The molecule has 1 saturated carbocycles. The van der Waals surface area contributed by atoms with Crippen molar-refractivity contribution >= 4 is 0 Å². The standard InChI is InChI=1S/C27H34FN3O3/c1-33-25-6-2-21(3-7-25)27(20-29)12-10-23(11-13-27)31-16-14-30(15-17-31)18-24(32)19-34-26-8-4-22(28)5-9-26/h2-9,23-24,32H,10-19H2,1H3/t23-,24?,27-. The van der Waals surface area contributed by atoms with Gasteiger partial charge in [0.1, 0.15) is 30.0 Å². The molecule has 0 radical (unpaired) electrons. The van der Waals surface area contributed by atoms with Gasteiger partial charge in [-0.25, -0.2) is 4.39 Å². The number of rotatable bonds is 8. The fourth-order valence-electron chi connectivity index (χ4n) is 5.22. The summed E-state index contributed by atoms with van der Waals surface area (Å²) in [6, 6.07) is 16.9. The quantitative estimate of drug-likeness (QED) is 0.640. The van der Waals surface area contributed by atoms with E-state index in [0.717, 1.165) is 63.2 Å². The highest BCUT2D eigenvalue weighted by Gasteiger charge is 2.39. The fraction of sp³-hybridized carbons (Fsp3) is 0.519. The van der Waals surface area contributed by atoms with Gasteiger partial charge >= 0.3 is 0 Å². The molecule has 182 valence electrons. The topological polar surface area (TPSA) is 69.0 Å². The second-order valence-electron chi connectivity index (χ2n) is 9.41. The van der Waals surface area contributed by atoms with Gasteiger partial charge in [-0.15, -0.1) is 0 Å². The fourth-order valence-corrected chi connectivity index (χ4v) is 5.22. The SMILES string of the molecule is COc1ccc([C@]2(C#N)CC[C@@H](N3CCN(CC(O)COc4ccc(F)cc4)CC3)CC2)cc1. The minimum atomic E-state index is -0.591. The first-order valence-corrected chi connectivity index (χ1v) is 12.1. The number of hydrogen-bond donors (Lipinski definition) is 1. The van der Waals surface area contributed by atoms with Crippen LogP contribution in [0.5, 0.6) is 11.5 Å². The van der Waals surface area contributed by atoms with Crippen LogP contribution in [-0.4, -0.2) is 73.5 Å². The van der Waals surface area contributed by atoms with Gasteiger partial charge in [0.05, 0.1) is 18.6 Å². The van der Waals surface area contributed by atoms with Gasteiger partial charge in [-0.3, -0.25) is 9.80 Å². The van der Waals surface area contributed by atoms with E-state index in [1.54, 1.807) is 19.2 Å². The Morgan fingerprint density at radius 1 is 1.03 bits per heavy atom. The summed E-state index contributed by atoms with van der Waals surface area (Å²) in [5.74, 6) is 1.07. The van der Waals surface area contributed by atoms with E-state index in [9.17, 15) is 14.8 Å². The minimum absolute atomic E-state index is 0.191. The van der Waals surface area contributed by atoms with Crippen LogP contribution in [0.2, 0.25) is 0 Å². The Balaban J connectivity index is 1.21. The van der Waals surface area contributed by atoms with Crippen LogP contribution in [0.25, 0.3) is 0 Å². The van der Waals surface area contributed by atoms with E-state index in [4.69, 9.17) is 9.47 Å². The van der Waals surface area contributed by atoms with Gasteiger partial charge in [0, 0.05) is 38.8 Å². The Labute approximate surface area is 201 Å². The second kappa shape index (κ2) is 11.2. The van der Waals surface area contributed by atoms with Crippen molar-refractivity contribution in [2.24, 2.45) is 0 Å². The van der Waals surface area contributed by atoms with E-state index < -0.39 is 11.5 Å². The van der Waals surface area contributed by atoms with Crippen molar-refractivity contribution in [1.82, 2.24) is 9.80 Å². The molecule has 0 aromatic heterocycles. The van der Waals surface area contributed by atoms with Crippen LogP contribution < -0.4 is 9.47 Å². The number of β-amino-alcohol motifs (C(OH)–C–C–N with tert-alkyl or cyclic N) is 1. The van der Waals surface area contributed by atoms with Crippen LogP contribution in [0, 0.1) is 17.1 Å². The average Bonchev–Trinajstić information content (AvgIpc) is 2.89. The Morgan fingerprint density at radius 3 is 2.24 bits per heavy atom. The first kappa shape index (κ1) is 24.5. The van der Waals surface area contributed by atoms with E-state index in [1.807, 2.05) is 24.3 Å². The van der Waals surface area contributed by atoms with E-state index >= 15 is 0 Å². The van der Waals surface area contributed by atoms with Crippen molar-refractivity contribution in [2.75, 3.05) is 46.4 Å². The number of piperazine rings is 1. The maximum absolute atomic E-state index is 13.0. The predicted molar refractivity (Wildman–Crippen MR) is 128 cm³/mol. The van der Waals surface area contributed by atoms with Gasteiger partial charge in [0.25, 0.3) is 0 Å². The van der Waals surface area contributed by atoms with E-state index in [-0.39, 0.29) is 12.4 Å². The lowest BCUT2D eigenvalue weighted by molar-refractivity contribution is 0.0286. The maximum atomic E-state index is 13.0. The molecule has 0 amide bonds. The summed E-state index contributed by atoms with van der Waals surface area (Å²) in [6.45, 7) is 4.51. The Kier molecular flexibility index (Phi) is 8.04. The number of methoxy groups -OCH3 is 1. The molecule has 1 heterocycles.